The van der Waals surface area contributed by atoms with Crippen LogP contribution in [0.15, 0.2) is 18.2 Å². The van der Waals surface area contributed by atoms with Crippen molar-refractivity contribution in [3.8, 4) is 0 Å². The van der Waals surface area contributed by atoms with Crippen molar-refractivity contribution in [1.82, 2.24) is 5.32 Å². The summed E-state index contributed by atoms with van der Waals surface area (Å²) in [5.74, 6) is -0.779. The SMILES string of the molecule is CCOC(=O)[C@@H]1CCC[NH+]([C@@H](C)C(=O)NCC(=O)Nc2c(C)cccc2C)C1. The van der Waals surface area contributed by atoms with Crippen molar-refractivity contribution in [3.05, 3.63) is 29.3 Å². The number of para-hydroxylation sites is 1. The van der Waals surface area contributed by atoms with E-state index < -0.39 is 0 Å². The van der Waals surface area contributed by atoms with E-state index in [4.69, 9.17) is 4.74 Å². The Morgan fingerprint density at radius 1 is 1.25 bits per heavy atom. The molecule has 1 heterocycles. The fourth-order valence-corrected chi connectivity index (χ4v) is 3.65. The number of likely N-dealkylation sites (tertiary alicyclic amines) is 1. The fraction of sp³-hybridized carbons (Fsp3) is 0.571. The summed E-state index contributed by atoms with van der Waals surface area (Å²) in [6, 6.07) is 5.48. The lowest BCUT2D eigenvalue weighted by Crippen LogP contribution is -3.18. The smallest absolute Gasteiger partial charge is 0.314 e. The minimum Gasteiger partial charge on any atom is -0.466 e. The number of ether oxygens (including phenoxy) is 1. The normalized spacial score (nSPS) is 20.1. The standard InChI is InChI=1S/C21H31N3O4/c1-5-28-21(27)17-10-7-11-24(13-17)16(4)20(26)22-12-18(25)23-19-14(2)8-6-9-15(19)3/h6,8-9,16-17H,5,7,10-13H2,1-4H3,(H,22,26)(H,23,25)/p+1/t16-,17+/m0/s1. The Kier molecular flexibility index (Phi) is 7.99. The quantitative estimate of drug-likeness (QED) is 0.595. The van der Waals surface area contributed by atoms with E-state index >= 15 is 0 Å². The van der Waals surface area contributed by atoms with Crippen LogP contribution in [-0.2, 0) is 19.1 Å². The zero-order valence-corrected chi connectivity index (χ0v) is 17.3. The molecule has 2 rings (SSSR count). The van der Waals surface area contributed by atoms with E-state index in [-0.39, 0.29) is 36.3 Å². The zero-order chi connectivity index (χ0) is 20.7. The predicted octanol–water partition coefficient (Wildman–Crippen LogP) is 0.605. The number of carbonyl (C=O) groups excluding carboxylic acids is 3. The van der Waals surface area contributed by atoms with Crippen molar-refractivity contribution in [3.63, 3.8) is 0 Å². The molecule has 28 heavy (non-hydrogen) atoms. The maximum absolute atomic E-state index is 12.5. The van der Waals surface area contributed by atoms with Gasteiger partial charge in [-0.2, -0.15) is 0 Å². The van der Waals surface area contributed by atoms with Crippen LogP contribution in [0.5, 0.6) is 0 Å². The summed E-state index contributed by atoms with van der Waals surface area (Å²) in [4.78, 5) is 37.8. The van der Waals surface area contributed by atoms with E-state index in [0.29, 0.717) is 13.2 Å². The summed E-state index contributed by atoms with van der Waals surface area (Å²) >= 11 is 0. The second-order valence-corrected chi connectivity index (χ2v) is 7.46. The maximum atomic E-state index is 12.5. The first-order chi connectivity index (χ1) is 13.3. The largest absolute Gasteiger partial charge is 0.466 e. The molecule has 0 saturated carbocycles. The zero-order valence-electron chi connectivity index (χ0n) is 17.3. The molecule has 2 amide bonds. The van der Waals surface area contributed by atoms with Crippen molar-refractivity contribution in [1.29, 1.82) is 0 Å². The monoisotopic (exact) mass is 390 g/mol. The van der Waals surface area contributed by atoms with Gasteiger partial charge in [0.15, 0.2) is 6.04 Å². The molecule has 1 aliphatic rings. The van der Waals surface area contributed by atoms with Crippen LogP contribution >= 0.6 is 0 Å². The van der Waals surface area contributed by atoms with Gasteiger partial charge in [-0.15, -0.1) is 0 Å². The Bertz CT molecular complexity index is 699. The van der Waals surface area contributed by atoms with Crippen LogP contribution in [-0.4, -0.2) is 50.1 Å². The topological polar surface area (TPSA) is 88.9 Å². The molecule has 7 nitrogen and oxygen atoms in total. The molecule has 3 N–H and O–H groups in total. The highest BCUT2D eigenvalue weighted by atomic mass is 16.5. The van der Waals surface area contributed by atoms with E-state index in [1.807, 2.05) is 39.0 Å². The van der Waals surface area contributed by atoms with Gasteiger partial charge in [-0.05, 0) is 51.7 Å². The van der Waals surface area contributed by atoms with Gasteiger partial charge in [-0.3, -0.25) is 14.4 Å². The number of quaternary nitrogens is 1. The molecule has 0 aromatic heterocycles. The van der Waals surface area contributed by atoms with Gasteiger partial charge in [-0.25, -0.2) is 0 Å². The molecule has 7 heteroatoms. The van der Waals surface area contributed by atoms with E-state index in [2.05, 4.69) is 10.6 Å². The minimum absolute atomic E-state index is 0.0778. The number of carbonyl (C=O) groups is 3. The third kappa shape index (κ3) is 5.79. The Labute approximate surface area is 166 Å². The Balaban J connectivity index is 1.85. The Hall–Kier alpha value is -2.41. The van der Waals surface area contributed by atoms with Crippen LogP contribution in [0.4, 0.5) is 5.69 Å². The first kappa shape index (κ1) is 21.9. The van der Waals surface area contributed by atoms with E-state index in [1.54, 1.807) is 6.92 Å². The maximum Gasteiger partial charge on any atom is 0.314 e. The second kappa shape index (κ2) is 10.2. The number of amides is 2. The molecule has 0 radical (unpaired) electrons. The van der Waals surface area contributed by atoms with Gasteiger partial charge in [0.25, 0.3) is 5.91 Å². The van der Waals surface area contributed by atoms with Crippen molar-refractivity contribution in [2.45, 2.75) is 46.6 Å². The average Bonchev–Trinajstić information content (AvgIpc) is 2.68. The molecule has 154 valence electrons. The fourth-order valence-electron chi connectivity index (χ4n) is 3.65. The van der Waals surface area contributed by atoms with Gasteiger partial charge in [0.05, 0.1) is 26.2 Å². The molecule has 1 fully saturated rings. The third-order valence-corrected chi connectivity index (χ3v) is 5.35. The van der Waals surface area contributed by atoms with Crippen molar-refractivity contribution in [2.75, 3.05) is 31.6 Å². The number of esters is 1. The molecule has 0 spiro atoms. The summed E-state index contributed by atoms with van der Waals surface area (Å²) in [7, 11) is 0. The van der Waals surface area contributed by atoms with Gasteiger partial charge < -0.3 is 20.3 Å². The Morgan fingerprint density at radius 2 is 1.93 bits per heavy atom. The highest BCUT2D eigenvalue weighted by Crippen LogP contribution is 2.19. The van der Waals surface area contributed by atoms with Crippen LogP contribution in [0.1, 0.15) is 37.8 Å². The highest BCUT2D eigenvalue weighted by Gasteiger charge is 2.34. The number of hydrogen-bond donors (Lipinski definition) is 3. The molecular formula is C21H32N3O4+. The lowest BCUT2D eigenvalue weighted by Gasteiger charge is -2.32. The molecule has 3 atom stereocenters. The van der Waals surface area contributed by atoms with Crippen molar-refractivity contribution >= 4 is 23.5 Å². The molecule has 0 bridgehead atoms. The minimum atomic E-state index is -0.328. The summed E-state index contributed by atoms with van der Waals surface area (Å²) in [5.41, 5.74) is 2.75. The number of piperidine rings is 1. The van der Waals surface area contributed by atoms with Gasteiger partial charge in [0.1, 0.15) is 5.92 Å². The molecule has 1 saturated heterocycles. The van der Waals surface area contributed by atoms with Gasteiger partial charge in [-0.1, -0.05) is 18.2 Å². The molecule has 0 aliphatic carbocycles. The van der Waals surface area contributed by atoms with E-state index in [1.165, 1.54) is 0 Å². The van der Waals surface area contributed by atoms with Gasteiger partial charge in [0.2, 0.25) is 5.91 Å². The van der Waals surface area contributed by atoms with Gasteiger partial charge in [0, 0.05) is 5.69 Å². The molecule has 1 aromatic rings. The Morgan fingerprint density at radius 3 is 2.57 bits per heavy atom. The predicted molar refractivity (Wildman–Crippen MR) is 107 cm³/mol. The first-order valence-electron chi connectivity index (χ1n) is 9.98. The van der Waals surface area contributed by atoms with E-state index in [0.717, 1.165) is 41.1 Å². The summed E-state index contributed by atoms with van der Waals surface area (Å²) in [6.07, 6.45) is 1.68. The van der Waals surface area contributed by atoms with Crippen molar-refractivity contribution < 1.29 is 24.0 Å². The third-order valence-electron chi connectivity index (χ3n) is 5.35. The number of rotatable bonds is 7. The number of hydrogen-bond acceptors (Lipinski definition) is 4. The molecule has 1 aromatic carbocycles. The lowest BCUT2D eigenvalue weighted by atomic mass is 9.97. The molecule has 1 unspecified atom stereocenters. The molecular weight excluding hydrogens is 358 g/mol. The number of nitrogens with one attached hydrogen (secondary N) is 3. The number of aryl methyl sites for hydroxylation is 2. The van der Waals surface area contributed by atoms with Crippen LogP contribution in [0, 0.1) is 19.8 Å². The number of benzene rings is 1. The number of anilines is 1. The lowest BCUT2D eigenvalue weighted by molar-refractivity contribution is -0.921. The average molecular weight is 391 g/mol. The highest BCUT2D eigenvalue weighted by molar-refractivity contribution is 5.96. The van der Waals surface area contributed by atoms with Crippen LogP contribution in [0.2, 0.25) is 0 Å². The van der Waals surface area contributed by atoms with E-state index in [9.17, 15) is 14.4 Å². The molecule has 1 aliphatic heterocycles. The van der Waals surface area contributed by atoms with Crippen molar-refractivity contribution in [2.24, 2.45) is 5.92 Å². The van der Waals surface area contributed by atoms with Crippen LogP contribution in [0.3, 0.4) is 0 Å². The van der Waals surface area contributed by atoms with Gasteiger partial charge >= 0.3 is 5.97 Å². The summed E-state index contributed by atoms with van der Waals surface area (Å²) in [6.45, 7) is 9.21. The van der Waals surface area contributed by atoms with Crippen LogP contribution in [0.25, 0.3) is 0 Å². The second-order valence-electron chi connectivity index (χ2n) is 7.46. The summed E-state index contributed by atoms with van der Waals surface area (Å²) < 4.78 is 5.12. The summed E-state index contributed by atoms with van der Waals surface area (Å²) in [5, 5.41) is 5.59. The van der Waals surface area contributed by atoms with Crippen LogP contribution < -0.4 is 15.5 Å². The first-order valence-corrected chi connectivity index (χ1v) is 9.98.